The fourth-order valence-corrected chi connectivity index (χ4v) is 3.88. The molecule has 2 aromatic rings. The van der Waals surface area contributed by atoms with Crippen LogP contribution in [0.25, 0.3) is 11.1 Å². The first-order valence-corrected chi connectivity index (χ1v) is 9.34. The lowest BCUT2D eigenvalue weighted by molar-refractivity contribution is 0.0908. The van der Waals surface area contributed by atoms with Crippen molar-refractivity contribution in [1.82, 2.24) is 9.29 Å². The lowest BCUT2D eigenvalue weighted by Gasteiger charge is -2.22. The molecule has 0 fully saturated rings. The summed E-state index contributed by atoms with van der Waals surface area (Å²) >= 11 is 1.43. The third-order valence-corrected chi connectivity index (χ3v) is 5.48. The van der Waals surface area contributed by atoms with E-state index < -0.39 is 21.4 Å². The SMILES string of the molecule is CSC[C@](C)(O)CNS(=O)(=O)c1ccc2oc(=O)n(C)c2c1. The standard InChI is InChI=1S/C13H18N2O5S2/c1-13(17,8-21-3)7-14-22(18,19)9-4-5-11-10(6-9)15(2)12(16)20-11/h4-6,14,17H,7-8H2,1-3H3/t13-/m1/s1. The lowest BCUT2D eigenvalue weighted by Crippen LogP contribution is -2.42. The number of aliphatic hydroxyl groups is 1. The molecule has 1 aromatic heterocycles. The van der Waals surface area contributed by atoms with Gasteiger partial charge in [-0.15, -0.1) is 0 Å². The van der Waals surface area contributed by atoms with Crippen LogP contribution >= 0.6 is 11.8 Å². The fraction of sp³-hybridized carbons (Fsp3) is 0.462. The van der Waals surface area contributed by atoms with Crippen LogP contribution in [0.3, 0.4) is 0 Å². The predicted molar refractivity (Wildman–Crippen MR) is 85.6 cm³/mol. The number of benzene rings is 1. The molecule has 122 valence electrons. The van der Waals surface area contributed by atoms with E-state index in [4.69, 9.17) is 4.42 Å². The molecular formula is C13H18N2O5S2. The van der Waals surface area contributed by atoms with E-state index in [9.17, 15) is 18.3 Å². The maximum Gasteiger partial charge on any atom is 0.419 e. The van der Waals surface area contributed by atoms with Crippen LogP contribution in [0.1, 0.15) is 6.92 Å². The number of hydrogen-bond acceptors (Lipinski definition) is 6. The van der Waals surface area contributed by atoms with E-state index in [2.05, 4.69) is 4.72 Å². The minimum absolute atomic E-state index is 0.0105. The molecule has 9 heteroatoms. The van der Waals surface area contributed by atoms with Crippen molar-refractivity contribution in [3.05, 3.63) is 28.7 Å². The van der Waals surface area contributed by atoms with Crippen molar-refractivity contribution in [2.75, 3.05) is 18.6 Å². The van der Waals surface area contributed by atoms with Crippen molar-refractivity contribution in [2.45, 2.75) is 17.4 Å². The van der Waals surface area contributed by atoms with Crippen LogP contribution in [0.5, 0.6) is 0 Å². The predicted octanol–water partition coefficient (Wildman–Crippen LogP) is 0.524. The van der Waals surface area contributed by atoms with Crippen LogP contribution in [0.15, 0.2) is 32.3 Å². The molecule has 0 aliphatic carbocycles. The number of nitrogens with one attached hydrogen (secondary N) is 1. The second-order valence-electron chi connectivity index (χ2n) is 5.31. The van der Waals surface area contributed by atoms with E-state index in [-0.39, 0.29) is 11.4 Å². The minimum atomic E-state index is -3.79. The van der Waals surface area contributed by atoms with Crippen LogP contribution in [-0.2, 0) is 17.1 Å². The summed E-state index contributed by atoms with van der Waals surface area (Å²) in [6.07, 6.45) is 1.83. The zero-order valence-electron chi connectivity index (χ0n) is 12.5. The number of fused-ring (bicyclic) bond motifs is 1. The Kier molecular flexibility index (Phi) is 4.71. The molecule has 7 nitrogen and oxygen atoms in total. The highest BCUT2D eigenvalue weighted by atomic mass is 32.2. The van der Waals surface area contributed by atoms with Gasteiger partial charge in [0, 0.05) is 19.3 Å². The molecule has 22 heavy (non-hydrogen) atoms. The van der Waals surface area contributed by atoms with Gasteiger partial charge in [-0.1, -0.05) is 0 Å². The van der Waals surface area contributed by atoms with Crippen LogP contribution < -0.4 is 10.5 Å². The molecule has 2 rings (SSSR count). The summed E-state index contributed by atoms with van der Waals surface area (Å²) in [5.41, 5.74) is -0.427. The highest BCUT2D eigenvalue weighted by Gasteiger charge is 2.24. The Balaban J connectivity index is 2.30. The highest BCUT2D eigenvalue weighted by molar-refractivity contribution is 7.98. The third-order valence-electron chi connectivity index (χ3n) is 3.17. The van der Waals surface area contributed by atoms with Crippen molar-refractivity contribution in [3.63, 3.8) is 0 Å². The summed E-state index contributed by atoms with van der Waals surface area (Å²) in [5, 5.41) is 10.0. The van der Waals surface area contributed by atoms with E-state index >= 15 is 0 Å². The molecule has 1 aromatic carbocycles. The maximum absolute atomic E-state index is 12.3. The van der Waals surface area contributed by atoms with Gasteiger partial charge >= 0.3 is 5.76 Å². The van der Waals surface area contributed by atoms with Crippen LogP contribution in [0, 0.1) is 0 Å². The molecule has 0 saturated carbocycles. The van der Waals surface area contributed by atoms with E-state index in [0.717, 1.165) is 0 Å². The fourth-order valence-electron chi connectivity index (χ4n) is 1.97. The number of hydrogen-bond donors (Lipinski definition) is 2. The molecule has 0 aliphatic rings. The minimum Gasteiger partial charge on any atom is -0.408 e. The van der Waals surface area contributed by atoms with Crippen molar-refractivity contribution in [2.24, 2.45) is 7.05 Å². The second kappa shape index (κ2) is 6.07. The number of nitrogens with zero attached hydrogens (tertiary/aromatic N) is 1. The molecule has 2 N–H and O–H groups in total. The normalized spacial score (nSPS) is 15.1. The smallest absolute Gasteiger partial charge is 0.408 e. The molecule has 1 atom stereocenters. The average Bonchev–Trinajstić information content (AvgIpc) is 2.72. The second-order valence-corrected chi connectivity index (χ2v) is 7.94. The van der Waals surface area contributed by atoms with Gasteiger partial charge in [-0.25, -0.2) is 17.9 Å². The van der Waals surface area contributed by atoms with E-state index in [1.54, 1.807) is 6.92 Å². The van der Waals surface area contributed by atoms with Crippen LogP contribution in [0.2, 0.25) is 0 Å². The van der Waals surface area contributed by atoms with E-state index in [1.807, 2.05) is 6.26 Å². The summed E-state index contributed by atoms with van der Waals surface area (Å²) in [6.45, 7) is 1.47. The zero-order valence-corrected chi connectivity index (χ0v) is 14.1. The number of thioether (sulfide) groups is 1. The van der Waals surface area contributed by atoms with Crippen molar-refractivity contribution >= 4 is 32.9 Å². The highest BCUT2D eigenvalue weighted by Crippen LogP contribution is 2.18. The van der Waals surface area contributed by atoms with Crippen molar-refractivity contribution in [3.8, 4) is 0 Å². The first kappa shape index (κ1) is 17.1. The van der Waals surface area contributed by atoms with Gasteiger partial charge in [-0.3, -0.25) is 4.57 Å². The summed E-state index contributed by atoms with van der Waals surface area (Å²) in [7, 11) is -2.29. The number of aryl methyl sites for hydroxylation is 1. The Morgan fingerprint density at radius 3 is 2.77 bits per heavy atom. The van der Waals surface area contributed by atoms with Crippen LogP contribution in [0.4, 0.5) is 0 Å². The topological polar surface area (TPSA) is 102 Å². The maximum atomic E-state index is 12.3. The van der Waals surface area contributed by atoms with Crippen molar-refractivity contribution < 1.29 is 17.9 Å². The molecular weight excluding hydrogens is 328 g/mol. The Morgan fingerprint density at radius 1 is 1.45 bits per heavy atom. The molecule has 0 spiro atoms. The molecule has 0 unspecified atom stereocenters. The van der Waals surface area contributed by atoms with Gasteiger partial charge < -0.3 is 9.52 Å². The monoisotopic (exact) mass is 346 g/mol. The first-order chi connectivity index (χ1) is 10.2. The third kappa shape index (κ3) is 3.54. The number of rotatable bonds is 6. The van der Waals surface area contributed by atoms with Gasteiger partial charge in [0.2, 0.25) is 10.0 Å². The Bertz CT molecular complexity index is 836. The van der Waals surface area contributed by atoms with Gasteiger partial charge in [0.15, 0.2) is 5.58 Å². The summed E-state index contributed by atoms with van der Waals surface area (Å²) in [6, 6.07) is 4.16. The summed E-state index contributed by atoms with van der Waals surface area (Å²) in [4.78, 5) is 11.4. The van der Waals surface area contributed by atoms with Gasteiger partial charge in [0.05, 0.1) is 16.0 Å². The number of aromatic nitrogens is 1. The van der Waals surface area contributed by atoms with Gasteiger partial charge in [-0.05, 0) is 31.4 Å². The zero-order chi connectivity index (χ0) is 16.5. The molecule has 0 amide bonds. The quantitative estimate of drug-likeness (QED) is 0.791. The Morgan fingerprint density at radius 2 is 2.14 bits per heavy atom. The van der Waals surface area contributed by atoms with Crippen LogP contribution in [-0.4, -0.2) is 42.2 Å². The number of sulfonamides is 1. The van der Waals surface area contributed by atoms with Gasteiger partial charge in [0.1, 0.15) is 0 Å². The Hall–Kier alpha value is -1.29. The summed E-state index contributed by atoms with van der Waals surface area (Å²) < 4.78 is 33.2. The lowest BCUT2D eigenvalue weighted by atomic mass is 10.1. The number of oxazole rings is 1. The molecule has 0 bridgehead atoms. The molecule has 0 radical (unpaired) electrons. The van der Waals surface area contributed by atoms with Crippen molar-refractivity contribution in [1.29, 1.82) is 0 Å². The first-order valence-electron chi connectivity index (χ1n) is 6.47. The molecule has 0 aliphatic heterocycles. The molecule has 0 saturated heterocycles. The van der Waals surface area contributed by atoms with E-state index in [1.165, 1.54) is 41.6 Å². The van der Waals surface area contributed by atoms with Gasteiger partial charge in [-0.2, -0.15) is 11.8 Å². The van der Waals surface area contributed by atoms with E-state index in [0.29, 0.717) is 16.9 Å². The molecule has 1 heterocycles. The van der Waals surface area contributed by atoms with Gasteiger partial charge in [0.25, 0.3) is 0 Å². The Labute approximate surface area is 132 Å². The summed E-state index contributed by atoms with van der Waals surface area (Å²) in [5.74, 6) is -0.148. The average molecular weight is 346 g/mol. The largest absolute Gasteiger partial charge is 0.419 e.